The molecule has 0 radical (unpaired) electrons. The van der Waals surface area contributed by atoms with E-state index in [0.29, 0.717) is 0 Å². The van der Waals surface area contributed by atoms with Gasteiger partial charge in [-0.1, -0.05) is 43.4 Å². The molecule has 0 amide bonds. The van der Waals surface area contributed by atoms with Crippen molar-refractivity contribution in [3.8, 4) is 0 Å². The highest BCUT2D eigenvalue weighted by atomic mass is 32.2. The first kappa shape index (κ1) is 12.0. The van der Waals surface area contributed by atoms with Gasteiger partial charge < -0.3 is 4.18 Å². The molecule has 0 saturated heterocycles. The minimum Gasteiger partial charge on any atom is -0.310 e. The third-order valence-electron chi connectivity index (χ3n) is 2.96. The molecule has 1 saturated carbocycles. The number of rotatable bonds is 7. The molecule has 16 heavy (non-hydrogen) atoms. The lowest BCUT2D eigenvalue weighted by Gasteiger charge is -2.03. The van der Waals surface area contributed by atoms with Crippen molar-refractivity contribution >= 4 is 12.0 Å². The summed E-state index contributed by atoms with van der Waals surface area (Å²) in [5.41, 5.74) is 1.30. The standard InChI is InChI=1S/C14H20OS/c1-12-5-9-14(10-6-12)16-15-11-3-2-4-13-7-8-13/h5-6,9-10,13H,2-4,7-8,11H2,1H3. The van der Waals surface area contributed by atoms with E-state index in [1.165, 1.54) is 54.6 Å². The molecular weight excluding hydrogens is 216 g/mol. The van der Waals surface area contributed by atoms with Gasteiger partial charge in [0.15, 0.2) is 0 Å². The molecule has 1 aromatic rings. The summed E-state index contributed by atoms with van der Waals surface area (Å²) in [6.45, 7) is 2.98. The predicted molar refractivity (Wildman–Crippen MR) is 69.6 cm³/mol. The van der Waals surface area contributed by atoms with Crippen molar-refractivity contribution in [2.75, 3.05) is 6.61 Å². The van der Waals surface area contributed by atoms with E-state index in [2.05, 4.69) is 31.2 Å². The third-order valence-corrected chi connectivity index (χ3v) is 3.71. The fourth-order valence-electron chi connectivity index (χ4n) is 1.70. The maximum Gasteiger partial charge on any atom is 0.0618 e. The van der Waals surface area contributed by atoms with Crippen molar-refractivity contribution in [3.63, 3.8) is 0 Å². The molecule has 2 heteroatoms. The quantitative estimate of drug-likeness (QED) is 0.505. The molecule has 1 aliphatic rings. The zero-order valence-electron chi connectivity index (χ0n) is 9.95. The number of unbranched alkanes of at least 4 members (excludes halogenated alkanes) is 1. The average Bonchev–Trinajstić information content (AvgIpc) is 3.10. The first-order valence-electron chi connectivity index (χ1n) is 6.21. The van der Waals surface area contributed by atoms with E-state index < -0.39 is 0 Å². The number of aryl methyl sites for hydroxylation is 1. The van der Waals surface area contributed by atoms with Crippen molar-refractivity contribution < 1.29 is 4.18 Å². The van der Waals surface area contributed by atoms with Crippen LogP contribution in [0.25, 0.3) is 0 Å². The normalized spacial score (nSPS) is 15.3. The molecule has 0 heterocycles. The summed E-state index contributed by atoms with van der Waals surface area (Å²) in [4.78, 5) is 1.20. The molecule has 0 unspecified atom stereocenters. The van der Waals surface area contributed by atoms with Crippen LogP contribution in [0.2, 0.25) is 0 Å². The van der Waals surface area contributed by atoms with Crippen LogP contribution in [0.1, 0.15) is 37.7 Å². The van der Waals surface area contributed by atoms with Gasteiger partial charge >= 0.3 is 0 Å². The van der Waals surface area contributed by atoms with Gasteiger partial charge in [0.05, 0.1) is 6.61 Å². The first-order chi connectivity index (χ1) is 7.84. The van der Waals surface area contributed by atoms with Gasteiger partial charge in [-0.2, -0.15) is 0 Å². The Morgan fingerprint density at radius 1 is 1.19 bits per heavy atom. The zero-order valence-corrected chi connectivity index (χ0v) is 10.8. The maximum atomic E-state index is 5.58. The monoisotopic (exact) mass is 236 g/mol. The molecule has 0 aromatic heterocycles. The molecule has 1 nitrogen and oxygen atoms in total. The largest absolute Gasteiger partial charge is 0.310 e. The zero-order chi connectivity index (χ0) is 11.2. The van der Waals surface area contributed by atoms with Gasteiger partial charge in [0.1, 0.15) is 0 Å². The Kier molecular flexibility index (Phi) is 4.73. The molecule has 0 aliphatic heterocycles. The van der Waals surface area contributed by atoms with Gasteiger partial charge in [0, 0.05) is 16.9 Å². The molecule has 88 valence electrons. The Hall–Kier alpha value is -0.470. The highest BCUT2D eigenvalue weighted by Crippen LogP contribution is 2.33. The minimum absolute atomic E-state index is 0.880. The summed E-state index contributed by atoms with van der Waals surface area (Å²) in [7, 11) is 0. The molecule has 1 aliphatic carbocycles. The smallest absolute Gasteiger partial charge is 0.0618 e. The highest BCUT2D eigenvalue weighted by Gasteiger charge is 2.19. The summed E-state index contributed by atoms with van der Waals surface area (Å²) >= 11 is 1.50. The molecular formula is C14H20OS. The van der Waals surface area contributed by atoms with E-state index in [-0.39, 0.29) is 0 Å². The van der Waals surface area contributed by atoms with Gasteiger partial charge in [0.2, 0.25) is 0 Å². The Bertz CT molecular complexity index is 303. The van der Waals surface area contributed by atoms with E-state index in [4.69, 9.17) is 4.18 Å². The van der Waals surface area contributed by atoms with Crippen LogP contribution in [0.15, 0.2) is 29.2 Å². The van der Waals surface area contributed by atoms with Crippen molar-refractivity contribution in [1.29, 1.82) is 0 Å². The number of benzene rings is 1. The lowest BCUT2D eigenvalue weighted by molar-refractivity contribution is 0.354. The lowest BCUT2D eigenvalue weighted by Crippen LogP contribution is -1.88. The topological polar surface area (TPSA) is 9.23 Å². The number of hydrogen-bond acceptors (Lipinski definition) is 2. The SMILES string of the molecule is Cc1ccc(SOCCCCC2CC2)cc1. The van der Waals surface area contributed by atoms with E-state index in [0.717, 1.165) is 12.5 Å². The van der Waals surface area contributed by atoms with E-state index in [9.17, 15) is 0 Å². The van der Waals surface area contributed by atoms with Crippen LogP contribution in [-0.2, 0) is 4.18 Å². The van der Waals surface area contributed by atoms with Crippen molar-refractivity contribution in [3.05, 3.63) is 29.8 Å². The summed E-state index contributed by atoms with van der Waals surface area (Å²) in [5, 5.41) is 0. The Balaban J connectivity index is 1.51. The second-order valence-electron chi connectivity index (χ2n) is 4.66. The second kappa shape index (κ2) is 6.31. The molecule has 0 bridgehead atoms. The first-order valence-corrected chi connectivity index (χ1v) is 6.95. The summed E-state index contributed by atoms with van der Waals surface area (Å²) in [6, 6.07) is 8.48. The molecule has 1 fully saturated rings. The van der Waals surface area contributed by atoms with Crippen LogP contribution in [0.4, 0.5) is 0 Å². The van der Waals surface area contributed by atoms with Gasteiger partial charge in [-0.25, -0.2) is 0 Å². The maximum absolute atomic E-state index is 5.58. The van der Waals surface area contributed by atoms with Gasteiger partial charge in [0.25, 0.3) is 0 Å². The van der Waals surface area contributed by atoms with Gasteiger partial charge in [-0.3, -0.25) is 0 Å². The second-order valence-corrected chi connectivity index (χ2v) is 5.53. The van der Waals surface area contributed by atoms with Gasteiger partial charge in [-0.15, -0.1) is 0 Å². The Labute approximate surface area is 103 Å². The molecule has 0 atom stereocenters. The summed E-state index contributed by atoms with van der Waals surface area (Å²) in [6.07, 6.45) is 6.89. The highest BCUT2D eigenvalue weighted by molar-refractivity contribution is 7.94. The fraction of sp³-hybridized carbons (Fsp3) is 0.571. The third kappa shape index (κ3) is 4.58. The average molecular weight is 236 g/mol. The van der Waals surface area contributed by atoms with Crippen LogP contribution >= 0.6 is 12.0 Å². The Morgan fingerprint density at radius 2 is 1.94 bits per heavy atom. The molecule has 1 aromatic carbocycles. The van der Waals surface area contributed by atoms with Crippen molar-refractivity contribution in [1.82, 2.24) is 0 Å². The van der Waals surface area contributed by atoms with Crippen molar-refractivity contribution in [2.45, 2.75) is 43.9 Å². The fourth-order valence-corrected chi connectivity index (χ4v) is 2.29. The summed E-state index contributed by atoms with van der Waals surface area (Å²) in [5.74, 6) is 1.06. The van der Waals surface area contributed by atoms with Crippen LogP contribution in [-0.4, -0.2) is 6.61 Å². The van der Waals surface area contributed by atoms with Crippen LogP contribution in [0.3, 0.4) is 0 Å². The Morgan fingerprint density at radius 3 is 2.62 bits per heavy atom. The minimum atomic E-state index is 0.880. The van der Waals surface area contributed by atoms with Crippen LogP contribution < -0.4 is 0 Å². The number of hydrogen-bond donors (Lipinski definition) is 0. The summed E-state index contributed by atoms with van der Waals surface area (Å²) < 4.78 is 5.58. The predicted octanol–water partition coefficient (Wildman–Crippen LogP) is 4.60. The van der Waals surface area contributed by atoms with Crippen LogP contribution in [0, 0.1) is 12.8 Å². The van der Waals surface area contributed by atoms with E-state index in [1.54, 1.807) is 0 Å². The molecule has 2 rings (SSSR count). The van der Waals surface area contributed by atoms with Gasteiger partial charge in [-0.05, 0) is 31.4 Å². The molecule has 0 spiro atoms. The molecule has 0 N–H and O–H groups in total. The van der Waals surface area contributed by atoms with E-state index in [1.807, 2.05) is 0 Å². The van der Waals surface area contributed by atoms with Crippen LogP contribution in [0.5, 0.6) is 0 Å². The lowest BCUT2D eigenvalue weighted by atomic mass is 10.2. The van der Waals surface area contributed by atoms with Crippen molar-refractivity contribution in [2.24, 2.45) is 5.92 Å². The van der Waals surface area contributed by atoms with E-state index >= 15 is 0 Å².